The van der Waals surface area contributed by atoms with Crippen molar-refractivity contribution in [2.45, 2.75) is 58.8 Å². The SMILES string of the molecule is CCCCC1CCC(C(N)=NCCOC(C)=O)CC1. The molecule has 1 aliphatic carbocycles. The lowest BCUT2D eigenvalue weighted by molar-refractivity contribution is -0.140. The van der Waals surface area contributed by atoms with E-state index in [9.17, 15) is 4.79 Å². The Morgan fingerprint density at radius 1 is 1.32 bits per heavy atom. The maximum atomic E-state index is 10.6. The lowest BCUT2D eigenvalue weighted by Gasteiger charge is -2.28. The third-order valence-electron chi connectivity index (χ3n) is 3.92. The quantitative estimate of drug-likeness (QED) is 0.334. The van der Waals surface area contributed by atoms with Gasteiger partial charge >= 0.3 is 5.97 Å². The van der Waals surface area contributed by atoms with Gasteiger partial charge in [0.2, 0.25) is 0 Å². The minimum Gasteiger partial charge on any atom is -0.464 e. The highest BCUT2D eigenvalue weighted by Gasteiger charge is 2.22. The van der Waals surface area contributed by atoms with E-state index in [1.807, 2.05) is 0 Å². The summed E-state index contributed by atoms with van der Waals surface area (Å²) in [4.78, 5) is 14.9. The number of carbonyl (C=O) groups excluding carboxylic acids is 1. The maximum Gasteiger partial charge on any atom is 0.302 e. The summed E-state index contributed by atoms with van der Waals surface area (Å²) in [6.45, 7) is 4.48. The second kappa shape index (κ2) is 8.94. The van der Waals surface area contributed by atoms with E-state index >= 15 is 0 Å². The molecule has 110 valence electrons. The van der Waals surface area contributed by atoms with Crippen LogP contribution in [0.15, 0.2) is 4.99 Å². The minimum atomic E-state index is -0.259. The molecule has 4 heteroatoms. The number of ether oxygens (including phenoxy) is 1. The molecule has 1 saturated carbocycles. The molecule has 0 unspecified atom stereocenters. The number of hydrogen-bond donors (Lipinski definition) is 1. The summed E-state index contributed by atoms with van der Waals surface area (Å²) in [5, 5.41) is 0. The largest absolute Gasteiger partial charge is 0.464 e. The van der Waals surface area contributed by atoms with Crippen molar-refractivity contribution in [1.29, 1.82) is 0 Å². The van der Waals surface area contributed by atoms with Crippen molar-refractivity contribution in [3.63, 3.8) is 0 Å². The van der Waals surface area contributed by atoms with E-state index in [0.29, 0.717) is 19.1 Å². The highest BCUT2D eigenvalue weighted by atomic mass is 16.5. The fourth-order valence-corrected chi connectivity index (χ4v) is 2.73. The van der Waals surface area contributed by atoms with Gasteiger partial charge in [-0.1, -0.05) is 26.2 Å². The zero-order valence-corrected chi connectivity index (χ0v) is 12.4. The third-order valence-corrected chi connectivity index (χ3v) is 3.92. The summed E-state index contributed by atoms with van der Waals surface area (Å²) in [6, 6.07) is 0. The van der Waals surface area contributed by atoms with Crippen molar-refractivity contribution < 1.29 is 9.53 Å². The van der Waals surface area contributed by atoms with Gasteiger partial charge in [-0.25, -0.2) is 0 Å². The maximum absolute atomic E-state index is 10.6. The molecule has 0 amide bonds. The van der Waals surface area contributed by atoms with Gasteiger partial charge in [0.05, 0.1) is 12.4 Å². The molecule has 0 heterocycles. The Morgan fingerprint density at radius 3 is 2.58 bits per heavy atom. The third kappa shape index (κ3) is 6.60. The summed E-state index contributed by atoms with van der Waals surface area (Å²) in [5.41, 5.74) is 6.02. The van der Waals surface area contributed by atoms with Crippen molar-refractivity contribution in [2.75, 3.05) is 13.2 Å². The minimum absolute atomic E-state index is 0.259. The Hall–Kier alpha value is -1.06. The van der Waals surface area contributed by atoms with Crippen LogP contribution in [-0.2, 0) is 9.53 Å². The standard InChI is InChI=1S/C15H28N2O2/c1-3-4-5-13-6-8-14(9-7-13)15(16)17-10-11-19-12(2)18/h13-14H,3-11H2,1-2H3,(H2,16,17). The smallest absolute Gasteiger partial charge is 0.302 e. The van der Waals surface area contributed by atoms with E-state index in [1.54, 1.807) is 0 Å². The molecule has 0 aromatic rings. The molecule has 1 rings (SSSR count). The normalized spacial score (nSPS) is 24.2. The highest BCUT2D eigenvalue weighted by Crippen LogP contribution is 2.31. The van der Waals surface area contributed by atoms with Crippen LogP contribution < -0.4 is 5.73 Å². The van der Waals surface area contributed by atoms with Crippen molar-refractivity contribution in [3.8, 4) is 0 Å². The molecule has 4 nitrogen and oxygen atoms in total. The molecular formula is C15H28N2O2. The molecule has 19 heavy (non-hydrogen) atoms. The van der Waals surface area contributed by atoms with Crippen molar-refractivity contribution >= 4 is 11.8 Å². The number of esters is 1. The van der Waals surface area contributed by atoms with Crippen LogP contribution in [0.25, 0.3) is 0 Å². The fourth-order valence-electron chi connectivity index (χ4n) is 2.73. The first-order valence-corrected chi connectivity index (χ1v) is 7.56. The number of nitrogens with zero attached hydrogens (tertiary/aromatic N) is 1. The summed E-state index contributed by atoms with van der Waals surface area (Å²) in [7, 11) is 0. The first kappa shape index (κ1) is 16.0. The predicted octanol–water partition coefficient (Wildman–Crippen LogP) is 2.90. The Balaban J connectivity index is 2.22. The molecule has 0 atom stereocenters. The molecule has 0 aromatic heterocycles. The van der Waals surface area contributed by atoms with Gasteiger partial charge in [0, 0.05) is 12.8 Å². The lowest BCUT2D eigenvalue weighted by Crippen LogP contribution is -2.28. The molecule has 0 aliphatic heterocycles. The van der Waals surface area contributed by atoms with Crippen LogP contribution in [0.3, 0.4) is 0 Å². The number of aliphatic imine (C=N–C) groups is 1. The van der Waals surface area contributed by atoms with Crippen molar-refractivity contribution in [2.24, 2.45) is 22.6 Å². The van der Waals surface area contributed by atoms with Gasteiger partial charge in [0.25, 0.3) is 0 Å². The van der Waals surface area contributed by atoms with Crippen LogP contribution in [0.1, 0.15) is 58.8 Å². The average Bonchev–Trinajstić information content (AvgIpc) is 2.41. The van der Waals surface area contributed by atoms with Gasteiger partial charge in [0.15, 0.2) is 0 Å². The number of carbonyl (C=O) groups is 1. The van der Waals surface area contributed by atoms with Crippen molar-refractivity contribution in [3.05, 3.63) is 0 Å². The Bertz CT molecular complexity index is 295. The second-order valence-electron chi connectivity index (χ2n) is 5.51. The summed E-state index contributed by atoms with van der Waals surface area (Å²) >= 11 is 0. The van der Waals surface area contributed by atoms with E-state index in [4.69, 9.17) is 10.5 Å². The van der Waals surface area contributed by atoms with Crippen LogP contribution in [-0.4, -0.2) is 25.0 Å². The molecular weight excluding hydrogens is 240 g/mol. The number of amidine groups is 1. The fraction of sp³-hybridized carbons (Fsp3) is 0.867. The average molecular weight is 268 g/mol. The summed E-state index contributed by atoms with van der Waals surface area (Å²) < 4.78 is 4.84. The zero-order chi connectivity index (χ0) is 14.1. The summed E-state index contributed by atoms with van der Waals surface area (Å²) in [5.74, 6) is 1.83. The second-order valence-corrected chi connectivity index (χ2v) is 5.51. The van der Waals surface area contributed by atoms with E-state index < -0.39 is 0 Å². The van der Waals surface area contributed by atoms with Gasteiger partial charge in [-0.2, -0.15) is 0 Å². The zero-order valence-electron chi connectivity index (χ0n) is 12.4. The van der Waals surface area contributed by atoms with Crippen LogP contribution in [0.4, 0.5) is 0 Å². The number of unbranched alkanes of at least 4 members (excludes halogenated alkanes) is 1. The van der Waals surface area contributed by atoms with E-state index in [1.165, 1.54) is 39.0 Å². The van der Waals surface area contributed by atoms with E-state index in [2.05, 4.69) is 11.9 Å². The monoisotopic (exact) mass is 268 g/mol. The van der Waals surface area contributed by atoms with Crippen molar-refractivity contribution in [1.82, 2.24) is 0 Å². The topological polar surface area (TPSA) is 64.7 Å². The highest BCUT2D eigenvalue weighted by molar-refractivity contribution is 5.82. The number of hydrogen-bond acceptors (Lipinski definition) is 3. The first-order chi connectivity index (χ1) is 9.13. The molecule has 2 N–H and O–H groups in total. The molecule has 0 saturated heterocycles. The van der Waals surface area contributed by atoms with Crippen LogP contribution in [0.2, 0.25) is 0 Å². The lowest BCUT2D eigenvalue weighted by atomic mass is 9.79. The van der Waals surface area contributed by atoms with E-state index in [-0.39, 0.29) is 5.97 Å². The van der Waals surface area contributed by atoms with Crippen LogP contribution in [0.5, 0.6) is 0 Å². The van der Waals surface area contributed by atoms with Crippen LogP contribution in [0, 0.1) is 11.8 Å². The molecule has 0 spiro atoms. The molecule has 0 radical (unpaired) electrons. The van der Waals surface area contributed by atoms with Gasteiger partial charge in [0.1, 0.15) is 6.61 Å². The van der Waals surface area contributed by atoms with Crippen LogP contribution >= 0.6 is 0 Å². The van der Waals surface area contributed by atoms with Gasteiger partial charge in [-0.3, -0.25) is 9.79 Å². The molecule has 0 aromatic carbocycles. The number of nitrogens with two attached hydrogens (primary N) is 1. The van der Waals surface area contributed by atoms with Gasteiger partial charge in [-0.05, 0) is 31.6 Å². The van der Waals surface area contributed by atoms with E-state index in [0.717, 1.165) is 24.6 Å². The molecule has 1 fully saturated rings. The van der Waals surface area contributed by atoms with Gasteiger partial charge in [-0.15, -0.1) is 0 Å². The first-order valence-electron chi connectivity index (χ1n) is 7.56. The van der Waals surface area contributed by atoms with Gasteiger partial charge < -0.3 is 10.5 Å². The Labute approximate surface area is 116 Å². The Morgan fingerprint density at radius 2 is 2.00 bits per heavy atom. The Kier molecular flexibility index (Phi) is 7.53. The predicted molar refractivity (Wildman–Crippen MR) is 78.1 cm³/mol. The molecule has 1 aliphatic rings. The molecule has 0 bridgehead atoms. The number of rotatable bonds is 7. The summed E-state index contributed by atoms with van der Waals surface area (Å²) in [6.07, 6.45) is 8.90.